The molecule has 9 unspecified atom stereocenters. The summed E-state index contributed by atoms with van der Waals surface area (Å²) in [5.74, 6) is -3.67. The molecule has 3 N–H and O–H groups in total. The van der Waals surface area contributed by atoms with Gasteiger partial charge in [0, 0.05) is 96.5 Å². The fourth-order valence-electron chi connectivity index (χ4n) is 8.99. The van der Waals surface area contributed by atoms with Crippen molar-refractivity contribution in [3.05, 3.63) is 47.0 Å². The summed E-state index contributed by atoms with van der Waals surface area (Å²) in [5.41, 5.74) is -5.67. The maximum atomic E-state index is 15.1. The van der Waals surface area contributed by atoms with Crippen molar-refractivity contribution >= 4 is 23.6 Å². The molecule has 56 heavy (non-hydrogen) atoms. The van der Waals surface area contributed by atoms with Crippen LogP contribution in [0.3, 0.4) is 0 Å². The molecule has 5 rings (SSSR count). The van der Waals surface area contributed by atoms with Crippen molar-refractivity contribution in [3.8, 4) is 0 Å². The quantitative estimate of drug-likeness (QED) is 0.224. The number of hydrogen-bond donors (Lipinski definition) is 3. The van der Waals surface area contributed by atoms with Crippen LogP contribution in [0.4, 0.5) is 0 Å². The SMILES string of the molecule is CC.CC.CC.COC1C(=O)[C@]2(C)C(OC)CC3OC[C@@]3(O)C2C(OC(=O)c2ccccc2)C2(O)CC(OC(=O)C(OC)C(C)NC(C)=O)C(C)=C1C2(C)C.[Ac]. The molecule has 1 saturated heterocycles. The number of Topliss-reactive ketones (excluding diaryl/α,β-unsaturated/α-hetero) is 1. The Morgan fingerprint density at radius 1 is 0.929 bits per heavy atom. The van der Waals surface area contributed by atoms with Gasteiger partial charge in [0.25, 0.3) is 0 Å². The zero-order valence-electron chi connectivity index (χ0n) is 36.2. The van der Waals surface area contributed by atoms with Crippen molar-refractivity contribution in [2.75, 3.05) is 27.9 Å². The third-order valence-electron chi connectivity index (χ3n) is 11.7. The fourth-order valence-corrected chi connectivity index (χ4v) is 8.99. The number of ketones is 1. The molecule has 315 valence electrons. The summed E-state index contributed by atoms with van der Waals surface area (Å²) >= 11 is 0. The van der Waals surface area contributed by atoms with Gasteiger partial charge in [-0.3, -0.25) is 9.59 Å². The van der Waals surface area contributed by atoms with Crippen molar-refractivity contribution in [2.24, 2.45) is 16.7 Å². The minimum Gasteiger partial charge on any atom is -0.456 e. The van der Waals surface area contributed by atoms with Crippen molar-refractivity contribution in [1.29, 1.82) is 0 Å². The van der Waals surface area contributed by atoms with Crippen LogP contribution in [0, 0.1) is 60.8 Å². The van der Waals surface area contributed by atoms with Gasteiger partial charge in [0.1, 0.15) is 29.5 Å². The average Bonchev–Trinajstić information content (AvgIpc) is 3.16. The number of benzene rings is 1. The molecule has 11 atom stereocenters. The molecular weight excluding hydrogens is 937 g/mol. The Kier molecular flexibility index (Phi) is 20.0. The molecule has 1 aromatic rings. The number of aliphatic hydroxyl groups is 2. The topological polar surface area (TPSA) is 176 Å². The molecule has 1 aromatic carbocycles. The molecule has 1 amide bonds. The number of nitrogens with one attached hydrogen (secondary N) is 1. The first-order chi connectivity index (χ1) is 25.9. The average molecular weight is 1000 g/mol. The molecule has 3 aliphatic carbocycles. The summed E-state index contributed by atoms with van der Waals surface area (Å²) in [4.78, 5) is 54.5. The maximum Gasteiger partial charge on any atom is 0.338 e. The molecule has 14 heteroatoms. The third-order valence-corrected chi connectivity index (χ3v) is 11.7. The van der Waals surface area contributed by atoms with Crippen LogP contribution in [-0.2, 0) is 42.8 Å². The Hall–Kier alpha value is -1.76. The van der Waals surface area contributed by atoms with Gasteiger partial charge < -0.3 is 44.0 Å². The Balaban J connectivity index is 0.00000214. The summed E-state index contributed by atoms with van der Waals surface area (Å²) in [7, 11) is 4.15. The zero-order valence-corrected chi connectivity index (χ0v) is 40.9. The van der Waals surface area contributed by atoms with Crippen LogP contribution in [0.15, 0.2) is 41.5 Å². The van der Waals surface area contributed by atoms with Gasteiger partial charge in [-0.05, 0) is 44.1 Å². The first-order valence-corrected chi connectivity index (χ1v) is 19.6. The summed E-state index contributed by atoms with van der Waals surface area (Å²) in [6.07, 6.45) is -6.87. The van der Waals surface area contributed by atoms with E-state index >= 15 is 4.79 Å². The van der Waals surface area contributed by atoms with E-state index in [0.717, 1.165) is 0 Å². The number of carbonyl (C=O) groups excluding carboxylic acids is 4. The van der Waals surface area contributed by atoms with Crippen LogP contribution in [-0.4, -0.2) is 116 Å². The summed E-state index contributed by atoms with van der Waals surface area (Å²) in [6.45, 7) is 21.5. The van der Waals surface area contributed by atoms with Crippen LogP contribution in [0.2, 0.25) is 0 Å². The Labute approximate surface area is 369 Å². The van der Waals surface area contributed by atoms with Gasteiger partial charge in [-0.15, -0.1) is 0 Å². The number of rotatable bonds is 9. The minimum atomic E-state index is -2.07. The number of hydrogen-bond acceptors (Lipinski definition) is 12. The van der Waals surface area contributed by atoms with Crippen molar-refractivity contribution < 1.29 is 102 Å². The number of carbonyl (C=O) groups is 4. The van der Waals surface area contributed by atoms with Gasteiger partial charge in [0.15, 0.2) is 11.9 Å². The van der Waals surface area contributed by atoms with Crippen LogP contribution in [0.25, 0.3) is 0 Å². The van der Waals surface area contributed by atoms with E-state index in [1.54, 1.807) is 65.0 Å². The van der Waals surface area contributed by atoms with E-state index in [4.69, 9.17) is 28.4 Å². The van der Waals surface area contributed by atoms with Crippen molar-refractivity contribution in [2.45, 2.75) is 150 Å². The molecule has 1 heterocycles. The molecule has 3 fully saturated rings. The van der Waals surface area contributed by atoms with Gasteiger partial charge in [0.2, 0.25) is 5.91 Å². The van der Waals surface area contributed by atoms with Gasteiger partial charge in [-0.25, -0.2) is 9.59 Å². The molecule has 4 aliphatic rings. The predicted octanol–water partition coefficient (Wildman–Crippen LogP) is 4.99. The van der Waals surface area contributed by atoms with E-state index in [9.17, 15) is 24.6 Å². The molecule has 1 aliphatic heterocycles. The molecule has 0 spiro atoms. The molecule has 13 nitrogen and oxygen atoms in total. The summed E-state index contributed by atoms with van der Waals surface area (Å²) in [6, 6.07) is 7.45. The second-order valence-corrected chi connectivity index (χ2v) is 14.6. The van der Waals surface area contributed by atoms with Crippen LogP contribution in [0.1, 0.15) is 106 Å². The minimum absolute atomic E-state index is 0. The fraction of sp³-hybridized carbons (Fsp3) is 0.714. The van der Waals surface area contributed by atoms with Crippen LogP contribution in [0.5, 0.6) is 0 Å². The number of ether oxygens (including phenoxy) is 6. The van der Waals surface area contributed by atoms with E-state index in [1.807, 2.05) is 41.5 Å². The zero-order chi connectivity index (χ0) is 42.3. The van der Waals surface area contributed by atoms with E-state index in [1.165, 1.54) is 28.3 Å². The van der Waals surface area contributed by atoms with Gasteiger partial charge in [0.05, 0.1) is 35.8 Å². The number of fused-ring (bicyclic) bond motifs is 5. The normalized spacial score (nSPS) is 33.3. The van der Waals surface area contributed by atoms with Crippen LogP contribution < -0.4 is 5.32 Å². The van der Waals surface area contributed by atoms with Crippen molar-refractivity contribution in [1.82, 2.24) is 5.32 Å². The Morgan fingerprint density at radius 2 is 1.50 bits per heavy atom. The first kappa shape index (κ1) is 52.3. The van der Waals surface area contributed by atoms with Gasteiger partial charge in [-0.2, -0.15) is 0 Å². The Bertz CT molecular complexity index is 1520. The third kappa shape index (κ3) is 9.18. The van der Waals surface area contributed by atoms with Gasteiger partial charge >= 0.3 is 11.9 Å². The predicted molar refractivity (Wildman–Crippen MR) is 207 cm³/mol. The standard InChI is InChI=1S/C36H49NO12.3C2H6.Ac/c1-18-22(48-32(41)26(45-8)19(2)37-20(3)38)16-36(43)30(49-31(40)21-13-11-10-12-14-21)28-34(6,23(44-7)15-24-35(28,42)17-47-24)29(39)27(46-9)25(18)33(36,4)5;3*1-2;/h10-14,19,22-24,26-28,30,42-43H,15-17H2,1-9H3,(H,37,38);3*1-2H3;/t19?,22?,23?,24?,26?,27?,28?,30?,34-,35+,36?;;;;/m1..../s1. The summed E-state index contributed by atoms with van der Waals surface area (Å²) in [5, 5.41) is 28.4. The smallest absolute Gasteiger partial charge is 0.338 e. The first-order valence-electron chi connectivity index (χ1n) is 19.6. The van der Waals surface area contributed by atoms with E-state index in [-0.39, 0.29) is 75.0 Å². The van der Waals surface area contributed by atoms with Gasteiger partial charge in [-0.1, -0.05) is 73.6 Å². The molecule has 0 aromatic heterocycles. The monoisotopic (exact) mass is 1000 g/mol. The van der Waals surface area contributed by atoms with E-state index in [0.29, 0.717) is 11.1 Å². The summed E-state index contributed by atoms with van der Waals surface area (Å²) < 4.78 is 35.5. The largest absolute Gasteiger partial charge is 0.456 e. The van der Waals surface area contributed by atoms with Crippen LogP contribution >= 0.6 is 0 Å². The molecular formula is C42H67AcNO12. The number of methoxy groups -OCH3 is 3. The second kappa shape index (κ2) is 21.5. The number of esters is 2. The van der Waals surface area contributed by atoms with E-state index < -0.39 is 88.3 Å². The number of amides is 1. The van der Waals surface area contributed by atoms with Crippen molar-refractivity contribution in [3.63, 3.8) is 0 Å². The maximum absolute atomic E-state index is 15.1. The van der Waals surface area contributed by atoms with E-state index in [2.05, 4.69) is 5.32 Å². The molecule has 2 saturated carbocycles. The second-order valence-electron chi connectivity index (χ2n) is 14.6. The Morgan fingerprint density at radius 3 is 1.96 bits per heavy atom. The molecule has 1 radical (unpaired) electrons. The molecule has 2 bridgehead atoms.